The SMILES string of the molecule is O=C1NC(=S)N(c2ccccc2F)C(=O)/C1=C/c1ccc(-c2ccccc2C(=O)O)o1. The summed E-state index contributed by atoms with van der Waals surface area (Å²) in [6, 6.07) is 14.8. The molecule has 1 aromatic heterocycles. The van der Waals surface area contributed by atoms with Crippen LogP contribution in [0.4, 0.5) is 10.1 Å². The van der Waals surface area contributed by atoms with Gasteiger partial charge in [0.1, 0.15) is 22.9 Å². The van der Waals surface area contributed by atoms with E-state index in [9.17, 15) is 23.9 Å². The molecule has 7 nitrogen and oxygen atoms in total. The predicted octanol–water partition coefficient (Wildman–Crippen LogP) is 3.62. The van der Waals surface area contributed by atoms with Gasteiger partial charge in [0.05, 0.1) is 11.3 Å². The van der Waals surface area contributed by atoms with Gasteiger partial charge in [0, 0.05) is 5.56 Å². The number of para-hydroxylation sites is 1. The van der Waals surface area contributed by atoms with Crippen molar-refractivity contribution in [2.75, 3.05) is 4.90 Å². The number of halogens is 1. The van der Waals surface area contributed by atoms with Gasteiger partial charge >= 0.3 is 5.97 Å². The predicted molar refractivity (Wildman–Crippen MR) is 114 cm³/mol. The summed E-state index contributed by atoms with van der Waals surface area (Å²) < 4.78 is 19.9. The summed E-state index contributed by atoms with van der Waals surface area (Å²) >= 11 is 5.05. The van der Waals surface area contributed by atoms with Crippen LogP contribution < -0.4 is 10.2 Å². The Bertz CT molecular complexity index is 1280. The van der Waals surface area contributed by atoms with E-state index in [2.05, 4.69) is 5.32 Å². The summed E-state index contributed by atoms with van der Waals surface area (Å²) in [5.41, 5.74) is -0.0324. The van der Waals surface area contributed by atoms with Crippen LogP contribution in [0.25, 0.3) is 17.4 Å². The number of nitrogens with zero attached hydrogens (tertiary/aromatic N) is 1. The van der Waals surface area contributed by atoms with Crippen LogP contribution in [0.2, 0.25) is 0 Å². The second kappa shape index (κ2) is 7.96. The van der Waals surface area contributed by atoms with Gasteiger partial charge in [-0.3, -0.25) is 14.9 Å². The number of hydrogen-bond acceptors (Lipinski definition) is 5. The molecule has 154 valence electrons. The summed E-state index contributed by atoms with van der Waals surface area (Å²) in [5, 5.41) is 11.5. The second-order valence-corrected chi connectivity index (χ2v) is 6.85. The Morgan fingerprint density at radius 1 is 1.06 bits per heavy atom. The molecule has 2 aromatic carbocycles. The van der Waals surface area contributed by atoms with Gasteiger partial charge < -0.3 is 9.52 Å². The summed E-state index contributed by atoms with van der Waals surface area (Å²) in [4.78, 5) is 37.6. The van der Waals surface area contributed by atoms with Gasteiger partial charge in [-0.25, -0.2) is 14.1 Å². The van der Waals surface area contributed by atoms with E-state index in [4.69, 9.17) is 16.6 Å². The maximum atomic E-state index is 14.2. The van der Waals surface area contributed by atoms with Gasteiger partial charge in [-0.05, 0) is 48.6 Å². The molecule has 1 aliphatic rings. The van der Waals surface area contributed by atoms with Crippen molar-refractivity contribution in [2.24, 2.45) is 0 Å². The highest BCUT2D eigenvalue weighted by molar-refractivity contribution is 7.80. The molecule has 3 aromatic rings. The highest BCUT2D eigenvalue weighted by Gasteiger charge is 2.35. The molecule has 9 heteroatoms. The number of thiocarbonyl (C=S) groups is 1. The Kier molecular flexibility index (Phi) is 5.18. The molecule has 2 heterocycles. The average molecular weight is 436 g/mol. The molecular weight excluding hydrogens is 423 g/mol. The number of aromatic carboxylic acids is 1. The van der Waals surface area contributed by atoms with Crippen molar-refractivity contribution in [2.45, 2.75) is 0 Å². The van der Waals surface area contributed by atoms with Crippen LogP contribution in [0.3, 0.4) is 0 Å². The lowest BCUT2D eigenvalue weighted by Crippen LogP contribution is -2.54. The van der Waals surface area contributed by atoms with Crippen molar-refractivity contribution in [1.82, 2.24) is 5.32 Å². The van der Waals surface area contributed by atoms with Crippen LogP contribution in [0, 0.1) is 5.82 Å². The fourth-order valence-electron chi connectivity index (χ4n) is 3.11. The molecule has 0 atom stereocenters. The number of carboxylic acids is 1. The van der Waals surface area contributed by atoms with Gasteiger partial charge in [-0.15, -0.1) is 0 Å². The minimum Gasteiger partial charge on any atom is -0.478 e. The number of amides is 2. The van der Waals surface area contributed by atoms with Crippen LogP contribution >= 0.6 is 12.2 Å². The van der Waals surface area contributed by atoms with Gasteiger partial charge in [-0.2, -0.15) is 0 Å². The summed E-state index contributed by atoms with van der Waals surface area (Å²) in [6.45, 7) is 0. The second-order valence-electron chi connectivity index (χ2n) is 6.46. The molecule has 2 N–H and O–H groups in total. The molecule has 1 aliphatic heterocycles. The molecule has 0 unspecified atom stereocenters. The Hall–Kier alpha value is -4.11. The van der Waals surface area contributed by atoms with E-state index in [0.29, 0.717) is 5.56 Å². The third kappa shape index (κ3) is 3.74. The highest BCUT2D eigenvalue weighted by atomic mass is 32.1. The molecule has 2 amide bonds. The number of carbonyl (C=O) groups excluding carboxylic acids is 2. The quantitative estimate of drug-likeness (QED) is 0.368. The van der Waals surface area contributed by atoms with Gasteiger partial charge in [0.15, 0.2) is 5.11 Å². The molecule has 0 radical (unpaired) electrons. The maximum Gasteiger partial charge on any atom is 0.336 e. The van der Waals surface area contributed by atoms with Crippen molar-refractivity contribution in [1.29, 1.82) is 0 Å². The zero-order chi connectivity index (χ0) is 22.1. The lowest BCUT2D eigenvalue weighted by molar-refractivity contribution is -0.122. The lowest BCUT2D eigenvalue weighted by Gasteiger charge is -2.28. The third-order valence-corrected chi connectivity index (χ3v) is 4.82. The van der Waals surface area contributed by atoms with Crippen LogP contribution in [-0.2, 0) is 9.59 Å². The van der Waals surface area contributed by atoms with Crippen molar-refractivity contribution in [3.05, 3.63) is 83.4 Å². The first-order chi connectivity index (χ1) is 14.9. The van der Waals surface area contributed by atoms with Crippen molar-refractivity contribution in [3.63, 3.8) is 0 Å². The minimum atomic E-state index is -1.12. The molecule has 1 saturated heterocycles. The molecule has 31 heavy (non-hydrogen) atoms. The number of carboxylic acid groups (broad SMARTS) is 1. The van der Waals surface area contributed by atoms with E-state index >= 15 is 0 Å². The number of furan rings is 1. The van der Waals surface area contributed by atoms with Crippen molar-refractivity contribution >= 4 is 46.9 Å². The third-order valence-electron chi connectivity index (χ3n) is 4.53. The Balaban J connectivity index is 1.71. The smallest absolute Gasteiger partial charge is 0.336 e. The minimum absolute atomic E-state index is 0.0404. The van der Waals surface area contributed by atoms with Gasteiger partial charge in [-0.1, -0.05) is 30.3 Å². The lowest BCUT2D eigenvalue weighted by atomic mass is 10.1. The molecular formula is C22H13FN2O5S. The normalized spacial score (nSPS) is 15.3. The largest absolute Gasteiger partial charge is 0.478 e. The molecule has 1 fully saturated rings. The number of carbonyl (C=O) groups is 3. The molecule has 0 bridgehead atoms. The molecule has 0 spiro atoms. The monoisotopic (exact) mass is 436 g/mol. The fraction of sp³-hybridized carbons (Fsp3) is 0. The summed E-state index contributed by atoms with van der Waals surface area (Å²) in [7, 11) is 0. The van der Waals surface area contributed by atoms with Crippen LogP contribution in [-0.4, -0.2) is 28.0 Å². The van der Waals surface area contributed by atoms with Gasteiger partial charge in [0.2, 0.25) is 0 Å². The van der Waals surface area contributed by atoms with E-state index in [1.807, 2.05) is 0 Å². The Morgan fingerprint density at radius 2 is 1.77 bits per heavy atom. The van der Waals surface area contributed by atoms with Crippen molar-refractivity contribution in [3.8, 4) is 11.3 Å². The van der Waals surface area contributed by atoms with Gasteiger partial charge in [0.25, 0.3) is 11.8 Å². The Labute approximate surface area is 180 Å². The molecule has 0 aliphatic carbocycles. The zero-order valence-corrected chi connectivity index (χ0v) is 16.5. The summed E-state index contributed by atoms with van der Waals surface area (Å²) in [5.74, 6) is -3.00. The average Bonchev–Trinajstić information content (AvgIpc) is 3.21. The van der Waals surface area contributed by atoms with E-state index in [1.54, 1.807) is 18.2 Å². The number of benzene rings is 2. The Morgan fingerprint density at radius 3 is 2.52 bits per heavy atom. The first-order valence-corrected chi connectivity index (χ1v) is 9.36. The van der Waals surface area contributed by atoms with Crippen LogP contribution in [0.1, 0.15) is 16.1 Å². The number of rotatable bonds is 4. The van der Waals surface area contributed by atoms with Crippen LogP contribution in [0.15, 0.2) is 70.7 Å². The molecule has 0 saturated carbocycles. The standard InChI is InChI=1S/C22H13FN2O5S/c23-16-7-3-4-8-17(16)25-20(27)15(19(26)24-22(25)31)11-12-9-10-18(30-12)13-5-1-2-6-14(13)21(28)29/h1-11H,(H,28,29)(H,24,26,31)/b15-11+. The van der Waals surface area contributed by atoms with Crippen molar-refractivity contribution < 1.29 is 28.3 Å². The maximum absolute atomic E-state index is 14.2. The number of nitrogens with one attached hydrogen (secondary N) is 1. The first kappa shape index (κ1) is 20.2. The number of anilines is 1. The fourth-order valence-corrected chi connectivity index (χ4v) is 3.39. The first-order valence-electron chi connectivity index (χ1n) is 8.95. The van der Waals surface area contributed by atoms with E-state index in [-0.39, 0.29) is 33.5 Å². The number of hydrogen-bond donors (Lipinski definition) is 2. The van der Waals surface area contributed by atoms with E-state index in [0.717, 1.165) is 4.90 Å². The molecule has 4 rings (SSSR count). The topological polar surface area (TPSA) is 99.9 Å². The zero-order valence-electron chi connectivity index (χ0n) is 15.7. The van der Waals surface area contributed by atoms with E-state index in [1.165, 1.54) is 48.5 Å². The summed E-state index contributed by atoms with van der Waals surface area (Å²) in [6.07, 6.45) is 1.19. The highest BCUT2D eigenvalue weighted by Crippen LogP contribution is 2.28. The van der Waals surface area contributed by atoms with E-state index < -0.39 is 23.6 Å². The van der Waals surface area contributed by atoms with Crippen LogP contribution in [0.5, 0.6) is 0 Å².